The van der Waals surface area contributed by atoms with Gasteiger partial charge in [0, 0.05) is 15.6 Å². The quantitative estimate of drug-likeness (QED) is 0.587. The molecule has 7 nitrogen and oxygen atoms in total. The van der Waals surface area contributed by atoms with Crippen LogP contribution in [-0.4, -0.2) is 39.9 Å². The average molecular weight is 475 g/mol. The fourth-order valence-corrected chi connectivity index (χ4v) is 6.04. The lowest BCUT2D eigenvalue weighted by Crippen LogP contribution is -3.00. The molecule has 1 spiro atoms. The number of aliphatic hydroxyl groups excluding tert-OH is 1. The highest BCUT2D eigenvalue weighted by atomic mass is 35.5. The van der Waals surface area contributed by atoms with Crippen molar-refractivity contribution < 1.29 is 24.8 Å². The van der Waals surface area contributed by atoms with Crippen molar-refractivity contribution in [3.05, 3.63) is 63.1 Å². The van der Waals surface area contributed by atoms with Crippen molar-refractivity contribution in [3.63, 3.8) is 0 Å². The Morgan fingerprint density at radius 3 is 2.59 bits per heavy atom. The number of nitrogens with one attached hydrogen (secondary N) is 1. The summed E-state index contributed by atoms with van der Waals surface area (Å²) in [7, 11) is 0. The third-order valence-electron chi connectivity index (χ3n) is 7.01. The second-order valence-corrected chi connectivity index (χ2v) is 9.65. The van der Waals surface area contributed by atoms with Gasteiger partial charge in [-0.3, -0.25) is 19.3 Å². The van der Waals surface area contributed by atoms with Gasteiger partial charge in [0.05, 0.1) is 12.2 Å². The van der Waals surface area contributed by atoms with E-state index in [0.717, 1.165) is 5.56 Å². The van der Waals surface area contributed by atoms with Gasteiger partial charge in [0.15, 0.2) is 0 Å². The molecule has 0 radical (unpaired) electrons. The van der Waals surface area contributed by atoms with Crippen molar-refractivity contribution in [1.82, 2.24) is 4.90 Å². The van der Waals surface area contributed by atoms with Gasteiger partial charge in [-0.25, -0.2) is 0 Å². The minimum atomic E-state index is -1.38. The van der Waals surface area contributed by atoms with Crippen LogP contribution in [0.5, 0.6) is 0 Å². The van der Waals surface area contributed by atoms with Crippen LogP contribution in [0.2, 0.25) is 10.0 Å². The van der Waals surface area contributed by atoms with Gasteiger partial charge in [0.2, 0.25) is 17.4 Å². The zero-order valence-electron chi connectivity index (χ0n) is 17.4. The first kappa shape index (κ1) is 21.4. The van der Waals surface area contributed by atoms with E-state index in [0.29, 0.717) is 26.9 Å². The number of quaternary nitrogens is 1. The van der Waals surface area contributed by atoms with Crippen molar-refractivity contribution in [2.75, 3.05) is 5.32 Å². The Balaban J connectivity index is 1.65. The lowest BCUT2D eigenvalue weighted by Gasteiger charge is -2.27. The van der Waals surface area contributed by atoms with E-state index in [1.165, 1.54) is 4.90 Å². The van der Waals surface area contributed by atoms with Crippen LogP contribution in [0, 0.1) is 18.8 Å². The van der Waals surface area contributed by atoms with Crippen molar-refractivity contribution in [2.45, 2.75) is 38.1 Å². The summed E-state index contributed by atoms with van der Waals surface area (Å²) in [5, 5.41) is 16.0. The van der Waals surface area contributed by atoms with E-state index >= 15 is 0 Å². The van der Waals surface area contributed by atoms with Gasteiger partial charge < -0.3 is 15.7 Å². The third-order valence-corrected chi connectivity index (χ3v) is 7.59. The van der Waals surface area contributed by atoms with Crippen LogP contribution in [0.1, 0.15) is 23.6 Å². The molecular formula is C23H22Cl2N3O4+. The molecule has 0 saturated carbocycles. The zero-order chi connectivity index (χ0) is 22.9. The number of aliphatic hydroxyl groups is 1. The number of nitrogens with zero attached hydrogens (tertiary/aromatic N) is 1. The van der Waals surface area contributed by atoms with Crippen LogP contribution in [0.3, 0.4) is 0 Å². The number of halogens is 2. The van der Waals surface area contributed by atoms with Crippen LogP contribution >= 0.6 is 23.2 Å². The molecule has 0 aromatic heterocycles. The molecule has 166 valence electrons. The number of nitrogens with two attached hydrogens (primary N) is 1. The summed E-state index contributed by atoms with van der Waals surface area (Å²) in [4.78, 5) is 41.8. The number of fused-ring (bicyclic) bond motifs is 4. The highest BCUT2D eigenvalue weighted by molar-refractivity contribution is 6.31. The lowest BCUT2D eigenvalue weighted by atomic mass is 9.76. The Bertz CT molecular complexity index is 1180. The Morgan fingerprint density at radius 2 is 1.91 bits per heavy atom. The molecule has 5 rings (SSSR count). The van der Waals surface area contributed by atoms with Gasteiger partial charge >= 0.3 is 0 Å². The molecule has 3 amide bonds. The summed E-state index contributed by atoms with van der Waals surface area (Å²) in [6.45, 7) is 3.41. The van der Waals surface area contributed by atoms with E-state index in [9.17, 15) is 19.5 Å². The van der Waals surface area contributed by atoms with E-state index in [4.69, 9.17) is 23.2 Å². The van der Waals surface area contributed by atoms with Crippen LogP contribution in [0.15, 0.2) is 36.4 Å². The predicted molar refractivity (Wildman–Crippen MR) is 118 cm³/mol. The first-order valence-corrected chi connectivity index (χ1v) is 11.2. The molecule has 2 saturated heterocycles. The number of aryl methyl sites for hydroxylation is 1. The van der Waals surface area contributed by atoms with E-state index in [1.54, 1.807) is 48.6 Å². The fraction of sp³-hybridized carbons (Fsp3) is 0.348. The Labute approximate surface area is 194 Å². The number of rotatable bonds is 3. The maximum atomic E-state index is 13.7. The van der Waals surface area contributed by atoms with Gasteiger partial charge in [-0.1, -0.05) is 41.4 Å². The number of amides is 3. The molecule has 9 heteroatoms. The minimum Gasteiger partial charge on any atom is -0.387 e. The standard InChI is InChI=1S/C23H21Cl2N3O4/c1-10-7-13(24)8-14-18(10)26-22(32)23(14)17-16(19(27-23)11(2)29)20(30)28(21(17)31)9-12-5-3-4-6-15(12)25/h3-8,11,16-17,19,27,29H,9H2,1-2H3,(H,26,32)/p+1/t11-,16-,17-,19+,23-/m0/s1. The van der Waals surface area contributed by atoms with E-state index in [1.807, 2.05) is 6.92 Å². The summed E-state index contributed by atoms with van der Waals surface area (Å²) in [6.07, 6.45) is -0.920. The molecule has 0 bridgehead atoms. The van der Waals surface area contributed by atoms with Gasteiger partial charge in [-0.05, 0) is 43.2 Å². The van der Waals surface area contributed by atoms with Gasteiger partial charge in [0.1, 0.15) is 24.0 Å². The number of imide groups is 1. The maximum absolute atomic E-state index is 13.7. The predicted octanol–water partition coefficient (Wildman–Crippen LogP) is 1.58. The summed E-state index contributed by atoms with van der Waals surface area (Å²) in [5.74, 6) is -3.03. The summed E-state index contributed by atoms with van der Waals surface area (Å²) in [5.41, 5.74) is 1.21. The highest BCUT2D eigenvalue weighted by Gasteiger charge is 2.75. The van der Waals surface area contributed by atoms with Gasteiger partial charge in [-0.15, -0.1) is 0 Å². The van der Waals surface area contributed by atoms with Crippen molar-refractivity contribution in [2.24, 2.45) is 11.8 Å². The van der Waals surface area contributed by atoms with Gasteiger partial charge in [-0.2, -0.15) is 0 Å². The molecular weight excluding hydrogens is 453 g/mol. The second-order valence-electron chi connectivity index (χ2n) is 8.81. The molecule has 2 fully saturated rings. The first-order chi connectivity index (χ1) is 15.2. The van der Waals surface area contributed by atoms with Crippen molar-refractivity contribution in [1.29, 1.82) is 0 Å². The Morgan fingerprint density at radius 1 is 1.19 bits per heavy atom. The number of benzene rings is 2. The normalized spacial score (nSPS) is 29.5. The largest absolute Gasteiger partial charge is 0.387 e. The molecule has 2 aromatic carbocycles. The van der Waals surface area contributed by atoms with Crippen LogP contribution in [0.4, 0.5) is 5.69 Å². The summed E-state index contributed by atoms with van der Waals surface area (Å²) >= 11 is 12.6. The Kier molecular flexibility index (Phi) is 4.87. The minimum absolute atomic E-state index is 0.00992. The molecule has 3 heterocycles. The third kappa shape index (κ3) is 2.78. The monoisotopic (exact) mass is 474 g/mol. The Hall–Kier alpha value is -2.45. The van der Waals surface area contributed by atoms with Crippen LogP contribution < -0.4 is 10.6 Å². The van der Waals surface area contributed by atoms with Crippen molar-refractivity contribution >= 4 is 46.6 Å². The molecule has 3 aliphatic rings. The number of hydrogen-bond donors (Lipinski definition) is 3. The molecule has 0 unspecified atom stereocenters. The van der Waals surface area contributed by atoms with E-state index < -0.39 is 41.3 Å². The number of anilines is 1. The van der Waals surface area contributed by atoms with Gasteiger partial charge in [0.25, 0.3) is 5.91 Å². The fourth-order valence-electron chi connectivity index (χ4n) is 5.57. The summed E-state index contributed by atoms with van der Waals surface area (Å²) < 4.78 is 0. The van der Waals surface area contributed by atoms with Crippen molar-refractivity contribution in [3.8, 4) is 0 Å². The molecule has 2 aromatic rings. The average Bonchev–Trinajstić information content (AvgIpc) is 3.31. The molecule has 4 N–H and O–H groups in total. The SMILES string of the molecule is Cc1cc(Cl)cc2c1NC(=O)[C@]21[NH2+][C@H]([C@H](C)O)[C@H]2C(=O)N(Cc3ccccc3Cl)C(=O)[C@H]21. The van der Waals surface area contributed by atoms with Crippen LogP contribution in [-0.2, 0) is 26.5 Å². The second kappa shape index (κ2) is 7.28. The number of carbonyl (C=O) groups is 3. The molecule has 32 heavy (non-hydrogen) atoms. The lowest BCUT2D eigenvalue weighted by molar-refractivity contribution is -0.738. The number of hydrogen-bond acceptors (Lipinski definition) is 4. The van der Waals surface area contributed by atoms with Crippen LogP contribution in [0.25, 0.3) is 0 Å². The maximum Gasteiger partial charge on any atom is 0.291 e. The first-order valence-electron chi connectivity index (χ1n) is 10.4. The molecule has 5 atom stereocenters. The highest BCUT2D eigenvalue weighted by Crippen LogP contribution is 2.51. The number of carbonyl (C=O) groups excluding carboxylic acids is 3. The van der Waals surface area contributed by atoms with E-state index in [2.05, 4.69) is 5.32 Å². The summed E-state index contributed by atoms with van der Waals surface area (Å²) in [6, 6.07) is 9.76. The topological polar surface area (TPSA) is 103 Å². The zero-order valence-corrected chi connectivity index (χ0v) is 18.9. The molecule has 0 aliphatic carbocycles. The number of likely N-dealkylation sites (tertiary alicyclic amines) is 1. The molecule has 3 aliphatic heterocycles. The smallest absolute Gasteiger partial charge is 0.291 e. The van der Waals surface area contributed by atoms with E-state index in [-0.39, 0.29) is 12.5 Å².